The molecule has 1 N–H and O–H groups in total. The van der Waals surface area contributed by atoms with Gasteiger partial charge in [-0.25, -0.2) is 9.97 Å². The lowest BCUT2D eigenvalue weighted by atomic mass is 10.1. The zero-order valence-corrected chi connectivity index (χ0v) is 17.7. The fourth-order valence-corrected chi connectivity index (χ4v) is 4.65. The molecule has 1 aliphatic heterocycles. The number of halogens is 3. The second kappa shape index (κ2) is 8.35. The summed E-state index contributed by atoms with van der Waals surface area (Å²) in [5.41, 5.74) is 2.33. The van der Waals surface area contributed by atoms with Crippen molar-refractivity contribution in [2.24, 2.45) is 0 Å². The number of thiazole rings is 1. The summed E-state index contributed by atoms with van der Waals surface area (Å²) < 4.78 is 0. The van der Waals surface area contributed by atoms with Gasteiger partial charge in [-0.05, 0) is 5.56 Å². The van der Waals surface area contributed by atoms with Crippen LogP contribution in [0, 0.1) is 0 Å². The SMILES string of the molecule is O=C(Nc1nc2c(s1)CN(Cc1ccccc1)CC2)c1ncc(Cl)c(Cl)c1Cl. The van der Waals surface area contributed by atoms with Gasteiger partial charge in [0.15, 0.2) is 5.13 Å². The molecule has 0 unspecified atom stereocenters. The highest BCUT2D eigenvalue weighted by Crippen LogP contribution is 2.33. The van der Waals surface area contributed by atoms with Gasteiger partial charge in [0.05, 0.1) is 20.8 Å². The van der Waals surface area contributed by atoms with Gasteiger partial charge in [0.1, 0.15) is 5.69 Å². The Morgan fingerprint density at radius 3 is 2.75 bits per heavy atom. The summed E-state index contributed by atoms with van der Waals surface area (Å²) in [5.74, 6) is -0.462. The van der Waals surface area contributed by atoms with Crippen molar-refractivity contribution in [2.75, 3.05) is 11.9 Å². The second-order valence-corrected chi connectivity index (χ2v) is 8.62. The zero-order valence-electron chi connectivity index (χ0n) is 14.6. The fraction of sp³-hybridized carbons (Fsp3) is 0.211. The third-order valence-corrected chi connectivity index (χ3v) is 6.65. The van der Waals surface area contributed by atoms with Crippen LogP contribution in [-0.2, 0) is 19.5 Å². The van der Waals surface area contributed by atoms with Gasteiger partial charge < -0.3 is 0 Å². The fourth-order valence-electron chi connectivity index (χ4n) is 3.04. The highest BCUT2D eigenvalue weighted by Gasteiger charge is 2.23. The highest BCUT2D eigenvalue weighted by molar-refractivity contribution is 7.15. The van der Waals surface area contributed by atoms with E-state index in [-0.39, 0.29) is 20.8 Å². The van der Waals surface area contributed by atoms with E-state index in [1.54, 1.807) is 0 Å². The number of nitrogens with zero attached hydrogens (tertiary/aromatic N) is 3. The lowest BCUT2D eigenvalue weighted by molar-refractivity contribution is 0.102. The van der Waals surface area contributed by atoms with E-state index in [0.29, 0.717) is 5.13 Å². The summed E-state index contributed by atoms with van der Waals surface area (Å²) in [6.45, 7) is 2.63. The monoisotopic (exact) mass is 452 g/mol. The minimum absolute atomic E-state index is 0.0231. The average Bonchev–Trinajstić information content (AvgIpc) is 3.08. The highest BCUT2D eigenvalue weighted by atomic mass is 35.5. The maximum atomic E-state index is 12.5. The van der Waals surface area contributed by atoms with Crippen molar-refractivity contribution in [3.8, 4) is 0 Å². The van der Waals surface area contributed by atoms with Crippen LogP contribution in [0.1, 0.15) is 26.6 Å². The predicted octanol–water partition coefficient (Wildman–Crippen LogP) is 5.31. The van der Waals surface area contributed by atoms with Crippen LogP contribution in [0.4, 0.5) is 5.13 Å². The summed E-state index contributed by atoms with van der Waals surface area (Å²) in [7, 11) is 0. The smallest absolute Gasteiger partial charge is 0.277 e. The van der Waals surface area contributed by atoms with Crippen LogP contribution in [0.25, 0.3) is 0 Å². The Balaban J connectivity index is 1.46. The van der Waals surface area contributed by atoms with Crippen LogP contribution < -0.4 is 5.32 Å². The Kier molecular flexibility index (Phi) is 5.85. The summed E-state index contributed by atoms with van der Waals surface area (Å²) in [6.07, 6.45) is 2.15. The van der Waals surface area contributed by atoms with E-state index in [0.717, 1.165) is 36.6 Å². The van der Waals surface area contributed by atoms with Crippen LogP contribution >= 0.6 is 46.1 Å². The van der Waals surface area contributed by atoms with Crippen LogP contribution in [0.15, 0.2) is 36.5 Å². The molecule has 9 heteroatoms. The Morgan fingerprint density at radius 1 is 1.18 bits per heavy atom. The van der Waals surface area contributed by atoms with Gasteiger partial charge in [0.2, 0.25) is 0 Å². The van der Waals surface area contributed by atoms with Crippen molar-refractivity contribution in [2.45, 2.75) is 19.5 Å². The minimum Gasteiger partial charge on any atom is -0.296 e. The Labute approximate surface area is 181 Å². The lowest BCUT2D eigenvalue weighted by Crippen LogP contribution is -2.29. The number of amides is 1. The molecule has 0 aliphatic carbocycles. The van der Waals surface area contributed by atoms with Gasteiger partial charge in [-0.3, -0.25) is 15.0 Å². The summed E-state index contributed by atoms with van der Waals surface area (Å²) in [5, 5.41) is 3.64. The summed E-state index contributed by atoms with van der Waals surface area (Å²) in [6, 6.07) is 10.4. The van der Waals surface area contributed by atoms with Crippen molar-refractivity contribution in [1.29, 1.82) is 0 Å². The van der Waals surface area contributed by atoms with Gasteiger partial charge in [0, 0.05) is 37.1 Å². The topological polar surface area (TPSA) is 58.1 Å². The Morgan fingerprint density at radius 2 is 1.96 bits per heavy atom. The van der Waals surface area contributed by atoms with Gasteiger partial charge in [-0.1, -0.05) is 65.1 Å². The number of pyridine rings is 1. The molecule has 1 aliphatic rings. The molecule has 1 aromatic carbocycles. The molecule has 3 heterocycles. The molecule has 5 nitrogen and oxygen atoms in total. The van der Waals surface area contributed by atoms with Gasteiger partial charge >= 0.3 is 0 Å². The van der Waals surface area contributed by atoms with Crippen molar-refractivity contribution >= 4 is 57.2 Å². The lowest BCUT2D eigenvalue weighted by Gasteiger charge is -2.25. The molecule has 0 spiro atoms. The number of nitrogens with one attached hydrogen (secondary N) is 1. The first-order chi connectivity index (χ1) is 13.5. The maximum absolute atomic E-state index is 12.5. The minimum atomic E-state index is -0.462. The molecule has 0 radical (unpaired) electrons. The molecule has 1 amide bonds. The first kappa shape index (κ1) is 19.6. The molecular weight excluding hydrogens is 439 g/mol. The normalized spacial score (nSPS) is 14.0. The van der Waals surface area contributed by atoms with Crippen molar-refractivity contribution in [3.05, 3.63) is 73.4 Å². The molecule has 0 atom stereocenters. The summed E-state index contributed by atoms with van der Waals surface area (Å²) >= 11 is 19.4. The second-order valence-electron chi connectivity index (χ2n) is 6.37. The molecular formula is C19H15Cl3N4OS. The number of carbonyl (C=O) groups is 1. The van der Waals surface area contributed by atoms with Gasteiger partial charge in [0.25, 0.3) is 5.91 Å². The largest absolute Gasteiger partial charge is 0.296 e. The Hall–Kier alpha value is -1.70. The van der Waals surface area contributed by atoms with E-state index < -0.39 is 5.91 Å². The number of rotatable bonds is 4. The number of carbonyl (C=O) groups excluding carboxylic acids is 1. The number of aromatic nitrogens is 2. The molecule has 0 saturated heterocycles. The molecule has 0 saturated carbocycles. The van der Waals surface area contributed by atoms with Gasteiger partial charge in [-0.15, -0.1) is 11.3 Å². The van der Waals surface area contributed by atoms with Crippen LogP contribution in [0.5, 0.6) is 0 Å². The van der Waals surface area contributed by atoms with E-state index in [2.05, 4.69) is 32.3 Å². The van der Waals surface area contributed by atoms with E-state index in [1.165, 1.54) is 23.1 Å². The molecule has 4 rings (SSSR count). The average molecular weight is 454 g/mol. The third-order valence-electron chi connectivity index (χ3n) is 4.41. The van der Waals surface area contributed by atoms with E-state index in [9.17, 15) is 4.79 Å². The molecule has 2 aromatic heterocycles. The number of benzene rings is 1. The number of hydrogen-bond acceptors (Lipinski definition) is 5. The van der Waals surface area contributed by atoms with E-state index >= 15 is 0 Å². The molecule has 3 aromatic rings. The van der Waals surface area contributed by atoms with Crippen molar-refractivity contribution < 1.29 is 4.79 Å². The number of hydrogen-bond donors (Lipinski definition) is 1. The summed E-state index contributed by atoms with van der Waals surface area (Å²) in [4.78, 5) is 24.6. The van der Waals surface area contributed by atoms with Crippen molar-refractivity contribution in [3.63, 3.8) is 0 Å². The standard InChI is InChI=1S/C19H15Cl3N4OS/c20-12-8-23-17(16(22)15(12)21)18(27)25-19-24-13-6-7-26(10-14(13)28-19)9-11-4-2-1-3-5-11/h1-5,8H,6-7,9-10H2,(H,24,25,27). The van der Waals surface area contributed by atoms with Crippen LogP contribution in [-0.4, -0.2) is 27.3 Å². The van der Waals surface area contributed by atoms with E-state index in [4.69, 9.17) is 34.8 Å². The predicted molar refractivity (Wildman–Crippen MR) is 114 cm³/mol. The number of anilines is 1. The van der Waals surface area contributed by atoms with Gasteiger partial charge in [-0.2, -0.15) is 0 Å². The zero-order chi connectivity index (χ0) is 19.7. The maximum Gasteiger partial charge on any atom is 0.277 e. The Bertz CT molecular complexity index is 1030. The number of fused-ring (bicyclic) bond motifs is 1. The third kappa shape index (κ3) is 4.16. The first-order valence-corrected chi connectivity index (χ1v) is 10.5. The van der Waals surface area contributed by atoms with Crippen molar-refractivity contribution in [1.82, 2.24) is 14.9 Å². The van der Waals surface area contributed by atoms with Crippen LogP contribution in [0.2, 0.25) is 15.1 Å². The quantitative estimate of drug-likeness (QED) is 0.582. The molecule has 0 fully saturated rings. The van der Waals surface area contributed by atoms with Crippen LogP contribution in [0.3, 0.4) is 0 Å². The first-order valence-electron chi connectivity index (χ1n) is 8.57. The van der Waals surface area contributed by atoms with E-state index in [1.807, 2.05) is 18.2 Å². The molecule has 144 valence electrons. The molecule has 28 heavy (non-hydrogen) atoms. The molecule has 0 bridgehead atoms.